The third-order valence-corrected chi connectivity index (χ3v) is 5.45. The minimum absolute atomic E-state index is 0.349. The van der Waals surface area contributed by atoms with E-state index in [2.05, 4.69) is 46.4 Å². The van der Waals surface area contributed by atoms with Crippen LogP contribution in [0.15, 0.2) is 24.3 Å². The summed E-state index contributed by atoms with van der Waals surface area (Å²) in [6.07, 6.45) is 4.71. The van der Waals surface area contributed by atoms with E-state index in [0.29, 0.717) is 18.6 Å². The summed E-state index contributed by atoms with van der Waals surface area (Å²) in [4.78, 5) is 4.94. The molecule has 0 atom stereocenters. The number of para-hydroxylation sites is 1. The number of benzene rings is 1. The Morgan fingerprint density at radius 2 is 1.74 bits per heavy atom. The third-order valence-electron chi connectivity index (χ3n) is 5.45. The fraction of sp³-hybridized carbons (Fsp3) is 0.684. The van der Waals surface area contributed by atoms with Gasteiger partial charge < -0.3 is 15.3 Å². The van der Waals surface area contributed by atoms with Gasteiger partial charge in [0.05, 0.1) is 0 Å². The van der Waals surface area contributed by atoms with Crippen LogP contribution in [0.5, 0.6) is 0 Å². The van der Waals surface area contributed by atoms with Crippen LogP contribution < -0.4 is 5.32 Å². The molecule has 2 N–H and O–H groups in total. The van der Waals surface area contributed by atoms with Crippen LogP contribution in [-0.4, -0.2) is 60.8 Å². The van der Waals surface area contributed by atoms with Crippen molar-refractivity contribution in [3.63, 3.8) is 0 Å². The highest BCUT2D eigenvalue weighted by Gasteiger charge is 2.20. The summed E-state index contributed by atoms with van der Waals surface area (Å²) in [7, 11) is 2.21. The Balaban J connectivity index is 1.57. The van der Waals surface area contributed by atoms with Crippen LogP contribution in [0.4, 0.5) is 5.69 Å². The molecule has 2 fully saturated rings. The summed E-state index contributed by atoms with van der Waals surface area (Å²) in [6, 6.07) is 9.38. The average molecular weight is 317 g/mol. The molecule has 0 amide bonds. The van der Waals surface area contributed by atoms with Gasteiger partial charge in [0.25, 0.3) is 0 Å². The van der Waals surface area contributed by atoms with E-state index in [4.69, 9.17) is 0 Å². The Labute approximate surface area is 140 Å². The van der Waals surface area contributed by atoms with E-state index in [1.807, 2.05) is 0 Å². The van der Waals surface area contributed by atoms with Crippen molar-refractivity contribution in [2.24, 2.45) is 5.92 Å². The van der Waals surface area contributed by atoms with Gasteiger partial charge in [-0.3, -0.25) is 4.90 Å². The lowest BCUT2D eigenvalue weighted by atomic mass is 9.97. The van der Waals surface area contributed by atoms with E-state index in [-0.39, 0.29) is 0 Å². The SMILES string of the molecule is CN1CCC(Nc2ccccc2CN2CCC(CO)CC2)CC1. The van der Waals surface area contributed by atoms with E-state index >= 15 is 0 Å². The fourth-order valence-corrected chi connectivity index (χ4v) is 3.74. The zero-order chi connectivity index (χ0) is 16.1. The average Bonchev–Trinajstić information content (AvgIpc) is 2.59. The summed E-state index contributed by atoms with van der Waals surface area (Å²) in [5.41, 5.74) is 2.72. The first-order chi connectivity index (χ1) is 11.2. The van der Waals surface area contributed by atoms with E-state index in [1.54, 1.807) is 0 Å². The Morgan fingerprint density at radius 3 is 2.43 bits per heavy atom. The monoisotopic (exact) mass is 317 g/mol. The van der Waals surface area contributed by atoms with Gasteiger partial charge in [0.2, 0.25) is 0 Å². The summed E-state index contributed by atoms with van der Waals surface area (Å²) in [5, 5.41) is 13.1. The Kier molecular flexibility index (Phi) is 5.92. The number of aliphatic hydroxyl groups excluding tert-OH is 1. The molecule has 4 nitrogen and oxygen atoms in total. The molecule has 2 aliphatic heterocycles. The maximum Gasteiger partial charge on any atom is 0.0460 e. The molecule has 0 aliphatic carbocycles. The topological polar surface area (TPSA) is 38.7 Å². The van der Waals surface area contributed by atoms with Crippen LogP contribution in [0.2, 0.25) is 0 Å². The van der Waals surface area contributed by atoms with Gasteiger partial charge in [-0.05, 0) is 76.5 Å². The quantitative estimate of drug-likeness (QED) is 0.875. The summed E-state index contributed by atoms with van der Waals surface area (Å²) < 4.78 is 0. The molecule has 0 radical (unpaired) electrons. The first-order valence-electron chi connectivity index (χ1n) is 9.11. The predicted octanol–water partition coefficient (Wildman–Crippen LogP) is 2.40. The van der Waals surface area contributed by atoms with Crippen LogP contribution >= 0.6 is 0 Å². The van der Waals surface area contributed by atoms with Crippen LogP contribution in [0.25, 0.3) is 0 Å². The van der Waals surface area contributed by atoms with Gasteiger partial charge >= 0.3 is 0 Å². The Hall–Kier alpha value is -1.10. The van der Waals surface area contributed by atoms with E-state index in [9.17, 15) is 5.11 Å². The van der Waals surface area contributed by atoms with Crippen molar-refractivity contribution in [1.29, 1.82) is 0 Å². The lowest BCUT2D eigenvalue weighted by Crippen LogP contribution is -2.37. The van der Waals surface area contributed by atoms with Gasteiger partial charge in [0, 0.05) is 24.9 Å². The van der Waals surface area contributed by atoms with Crippen LogP contribution in [0, 0.1) is 5.92 Å². The maximum atomic E-state index is 9.28. The smallest absolute Gasteiger partial charge is 0.0460 e. The summed E-state index contributed by atoms with van der Waals surface area (Å²) in [6.45, 7) is 5.96. The first-order valence-corrected chi connectivity index (χ1v) is 9.11. The van der Waals surface area contributed by atoms with Crippen molar-refractivity contribution in [3.05, 3.63) is 29.8 Å². The predicted molar refractivity (Wildman–Crippen MR) is 95.7 cm³/mol. The number of piperidine rings is 2. The molecular formula is C19H31N3O. The number of anilines is 1. The second-order valence-electron chi connectivity index (χ2n) is 7.28. The van der Waals surface area contributed by atoms with E-state index in [1.165, 1.54) is 37.2 Å². The molecule has 2 heterocycles. The number of hydrogen-bond donors (Lipinski definition) is 2. The Bertz CT molecular complexity index is 477. The highest BCUT2D eigenvalue weighted by molar-refractivity contribution is 5.51. The van der Waals surface area contributed by atoms with Gasteiger partial charge in [-0.25, -0.2) is 0 Å². The van der Waals surface area contributed by atoms with Crippen molar-refractivity contribution in [1.82, 2.24) is 9.80 Å². The second kappa shape index (κ2) is 8.13. The molecule has 128 valence electrons. The molecule has 2 aliphatic rings. The number of nitrogens with one attached hydrogen (secondary N) is 1. The maximum absolute atomic E-state index is 9.28. The molecule has 0 unspecified atom stereocenters. The Morgan fingerprint density at radius 1 is 1.04 bits per heavy atom. The molecule has 1 aromatic carbocycles. The number of nitrogens with zero attached hydrogens (tertiary/aromatic N) is 2. The van der Waals surface area contributed by atoms with Crippen molar-refractivity contribution in [3.8, 4) is 0 Å². The minimum Gasteiger partial charge on any atom is -0.396 e. The minimum atomic E-state index is 0.349. The molecule has 0 aromatic heterocycles. The standard InChI is InChI=1S/C19H31N3O/c1-21-10-8-18(9-11-21)20-19-5-3-2-4-17(19)14-22-12-6-16(15-23)7-13-22/h2-5,16,18,20,23H,6-15H2,1H3. The van der Waals surface area contributed by atoms with Gasteiger partial charge in [-0.2, -0.15) is 0 Å². The normalized spacial score (nSPS) is 22.3. The molecule has 2 saturated heterocycles. The molecule has 3 rings (SSSR count). The molecule has 1 aromatic rings. The second-order valence-corrected chi connectivity index (χ2v) is 7.28. The van der Waals surface area contributed by atoms with Crippen molar-refractivity contribution in [2.45, 2.75) is 38.3 Å². The lowest BCUT2D eigenvalue weighted by molar-refractivity contribution is 0.127. The molecule has 23 heavy (non-hydrogen) atoms. The zero-order valence-corrected chi connectivity index (χ0v) is 14.4. The van der Waals surface area contributed by atoms with Gasteiger partial charge in [0.15, 0.2) is 0 Å². The third kappa shape index (κ3) is 4.69. The number of aliphatic hydroxyl groups is 1. The number of rotatable bonds is 5. The number of hydrogen-bond acceptors (Lipinski definition) is 4. The first kappa shape index (κ1) is 16.7. The number of likely N-dealkylation sites (tertiary alicyclic amines) is 2. The van der Waals surface area contributed by atoms with Crippen molar-refractivity contribution < 1.29 is 5.11 Å². The van der Waals surface area contributed by atoms with Gasteiger partial charge in [0.1, 0.15) is 0 Å². The van der Waals surface area contributed by atoms with Crippen molar-refractivity contribution >= 4 is 5.69 Å². The van der Waals surface area contributed by atoms with Crippen LogP contribution in [0.1, 0.15) is 31.2 Å². The van der Waals surface area contributed by atoms with Gasteiger partial charge in [-0.1, -0.05) is 18.2 Å². The molecule has 0 bridgehead atoms. The zero-order valence-electron chi connectivity index (χ0n) is 14.4. The highest BCUT2D eigenvalue weighted by atomic mass is 16.3. The lowest BCUT2D eigenvalue weighted by Gasteiger charge is -2.33. The molecule has 0 spiro atoms. The van der Waals surface area contributed by atoms with Crippen LogP contribution in [0.3, 0.4) is 0 Å². The molecule has 0 saturated carbocycles. The van der Waals surface area contributed by atoms with Crippen LogP contribution in [-0.2, 0) is 6.54 Å². The highest BCUT2D eigenvalue weighted by Crippen LogP contribution is 2.24. The van der Waals surface area contributed by atoms with Crippen molar-refractivity contribution in [2.75, 3.05) is 45.2 Å². The van der Waals surface area contributed by atoms with E-state index in [0.717, 1.165) is 32.5 Å². The van der Waals surface area contributed by atoms with E-state index < -0.39 is 0 Å². The molecular weight excluding hydrogens is 286 g/mol. The summed E-state index contributed by atoms with van der Waals surface area (Å²) >= 11 is 0. The van der Waals surface area contributed by atoms with Gasteiger partial charge in [-0.15, -0.1) is 0 Å². The molecule has 4 heteroatoms. The fourth-order valence-electron chi connectivity index (χ4n) is 3.74. The largest absolute Gasteiger partial charge is 0.396 e. The summed E-state index contributed by atoms with van der Waals surface area (Å²) in [5.74, 6) is 0.513.